The van der Waals surface area contributed by atoms with E-state index in [1.807, 2.05) is 4.68 Å². The van der Waals surface area contributed by atoms with Gasteiger partial charge in [-0.3, -0.25) is 0 Å². The quantitative estimate of drug-likeness (QED) is 0.373. The molecule has 178 valence electrons. The minimum absolute atomic E-state index is 0.111. The maximum absolute atomic E-state index is 11.4. The summed E-state index contributed by atoms with van der Waals surface area (Å²) in [6.45, 7) is 7.08. The Morgan fingerprint density at radius 3 is 2.32 bits per heavy atom. The van der Waals surface area contributed by atoms with Crippen molar-refractivity contribution in [3.8, 4) is 5.69 Å². The second-order valence-corrected chi connectivity index (χ2v) is 10.2. The summed E-state index contributed by atoms with van der Waals surface area (Å²) >= 11 is 0. The van der Waals surface area contributed by atoms with E-state index in [9.17, 15) is 8.42 Å². The number of fused-ring (bicyclic) bond motifs is 1. The average Bonchev–Trinajstić information content (AvgIpc) is 3.23. The van der Waals surface area contributed by atoms with Crippen LogP contribution in [0.5, 0.6) is 0 Å². The Bertz CT molecular complexity index is 1380. The number of aryl methyl sites for hydroxylation is 1. The molecule has 2 aromatic heterocycles. The predicted octanol–water partition coefficient (Wildman–Crippen LogP) is 4.19. The molecule has 0 amide bonds. The molecule has 2 aromatic carbocycles. The Hall–Kier alpha value is -3.30. The van der Waals surface area contributed by atoms with Crippen LogP contribution in [0.3, 0.4) is 0 Å². The number of primary sulfonamides is 1. The lowest BCUT2D eigenvalue weighted by Crippen LogP contribution is -2.12. The Morgan fingerprint density at radius 2 is 1.71 bits per heavy atom. The molecule has 0 radical (unpaired) electrons. The molecule has 0 aliphatic carbocycles. The SMILES string of the molecule is CCCc1nc(NCCc2ccc(S(N)(=O)=O)cc2)c2cnn(-c3ccc(C(C)C)cc3)c2n1. The third-order valence-corrected chi connectivity index (χ3v) is 6.64. The highest BCUT2D eigenvalue weighted by atomic mass is 32.2. The number of rotatable bonds is 9. The summed E-state index contributed by atoms with van der Waals surface area (Å²) in [4.78, 5) is 9.65. The number of hydrogen-bond donors (Lipinski definition) is 2. The molecule has 0 aliphatic heterocycles. The van der Waals surface area contributed by atoms with Crippen LogP contribution in [0.2, 0.25) is 0 Å². The van der Waals surface area contributed by atoms with Gasteiger partial charge in [0.1, 0.15) is 11.6 Å². The fourth-order valence-corrected chi connectivity index (χ4v) is 4.30. The average molecular weight is 479 g/mol. The Morgan fingerprint density at radius 1 is 1.00 bits per heavy atom. The zero-order valence-electron chi connectivity index (χ0n) is 19.7. The minimum atomic E-state index is -3.69. The van der Waals surface area contributed by atoms with Gasteiger partial charge in [-0.1, -0.05) is 45.0 Å². The van der Waals surface area contributed by atoms with Crippen molar-refractivity contribution in [2.45, 2.75) is 50.8 Å². The molecule has 0 atom stereocenters. The molecule has 0 spiro atoms. The van der Waals surface area contributed by atoms with Gasteiger partial charge in [-0.25, -0.2) is 28.2 Å². The van der Waals surface area contributed by atoms with Crippen molar-refractivity contribution in [3.05, 3.63) is 71.7 Å². The lowest BCUT2D eigenvalue weighted by Gasteiger charge is -2.11. The van der Waals surface area contributed by atoms with E-state index in [4.69, 9.17) is 15.1 Å². The van der Waals surface area contributed by atoms with Crippen molar-refractivity contribution in [2.75, 3.05) is 11.9 Å². The first-order valence-electron chi connectivity index (χ1n) is 11.5. The van der Waals surface area contributed by atoms with E-state index in [-0.39, 0.29) is 4.90 Å². The zero-order chi connectivity index (χ0) is 24.3. The van der Waals surface area contributed by atoms with Crippen LogP contribution in [0.1, 0.15) is 50.1 Å². The first-order chi connectivity index (χ1) is 16.3. The van der Waals surface area contributed by atoms with Crippen molar-refractivity contribution < 1.29 is 8.42 Å². The van der Waals surface area contributed by atoms with Crippen LogP contribution in [0.25, 0.3) is 16.7 Å². The lowest BCUT2D eigenvalue weighted by molar-refractivity contribution is 0.598. The van der Waals surface area contributed by atoms with Crippen molar-refractivity contribution in [2.24, 2.45) is 5.14 Å². The molecule has 0 saturated heterocycles. The van der Waals surface area contributed by atoms with Gasteiger partial charge in [-0.05, 0) is 54.2 Å². The Kier molecular flexibility index (Phi) is 6.95. The molecule has 0 unspecified atom stereocenters. The third kappa shape index (κ3) is 5.26. The van der Waals surface area contributed by atoms with Crippen LogP contribution in [-0.4, -0.2) is 34.7 Å². The summed E-state index contributed by atoms with van der Waals surface area (Å²) in [6, 6.07) is 15.0. The molecule has 0 bridgehead atoms. The number of hydrogen-bond acceptors (Lipinski definition) is 6. The van der Waals surface area contributed by atoms with E-state index in [0.29, 0.717) is 18.9 Å². The minimum Gasteiger partial charge on any atom is -0.369 e. The topological polar surface area (TPSA) is 116 Å². The lowest BCUT2D eigenvalue weighted by atomic mass is 10.0. The van der Waals surface area contributed by atoms with E-state index >= 15 is 0 Å². The highest BCUT2D eigenvalue weighted by Gasteiger charge is 2.14. The number of aromatic nitrogens is 4. The molecule has 0 fully saturated rings. The van der Waals surface area contributed by atoms with Crippen molar-refractivity contribution in [3.63, 3.8) is 0 Å². The van der Waals surface area contributed by atoms with E-state index in [1.54, 1.807) is 18.3 Å². The number of nitrogens with zero attached hydrogens (tertiary/aromatic N) is 4. The first-order valence-corrected chi connectivity index (χ1v) is 13.0. The van der Waals surface area contributed by atoms with E-state index in [1.165, 1.54) is 17.7 Å². The summed E-state index contributed by atoms with van der Waals surface area (Å²) in [5.74, 6) is 1.99. The predicted molar refractivity (Wildman–Crippen MR) is 135 cm³/mol. The summed E-state index contributed by atoms with van der Waals surface area (Å²) in [7, 11) is -3.69. The number of anilines is 1. The molecule has 34 heavy (non-hydrogen) atoms. The number of nitrogens with two attached hydrogens (primary N) is 1. The van der Waals surface area contributed by atoms with E-state index in [0.717, 1.165) is 46.8 Å². The smallest absolute Gasteiger partial charge is 0.238 e. The fraction of sp³-hybridized carbons (Fsp3) is 0.320. The number of benzene rings is 2. The standard InChI is InChI=1S/C25H30N6O2S/c1-4-5-23-29-24(27-15-14-18-6-12-21(13-7-18)34(26,32)33)22-16-28-31(25(22)30-23)20-10-8-19(9-11-20)17(2)3/h6-13,16-17H,4-5,14-15H2,1-3H3,(H2,26,32,33)(H,27,29,30). The van der Waals surface area contributed by atoms with Gasteiger partial charge in [-0.2, -0.15) is 5.10 Å². The van der Waals surface area contributed by atoms with Gasteiger partial charge in [0.15, 0.2) is 5.65 Å². The first kappa shape index (κ1) is 23.8. The molecule has 0 saturated carbocycles. The van der Waals surface area contributed by atoms with Crippen molar-refractivity contribution >= 4 is 26.9 Å². The highest BCUT2D eigenvalue weighted by molar-refractivity contribution is 7.89. The van der Waals surface area contributed by atoms with Crippen LogP contribution in [0, 0.1) is 0 Å². The molecule has 3 N–H and O–H groups in total. The van der Waals surface area contributed by atoms with Crippen molar-refractivity contribution in [1.29, 1.82) is 0 Å². The summed E-state index contributed by atoms with van der Waals surface area (Å²) in [5, 5.41) is 14.1. The molecule has 4 aromatic rings. The van der Waals surface area contributed by atoms with Crippen LogP contribution in [-0.2, 0) is 22.9 Å². The molecule has 8 nitrogen and oxygen atoms in total. The van der Waals surface area contributed by atoms with Crippen LogP contribution >= 0.6 is 0 Å². The van der Waals surface area contributed by atoms with Gasteiger partial charge in [-0.15, -0.1) is 0 Å². The highest BCUT2D eigenvalue weighted by Crippen LogP contribution is 2.24. The van der Waals surface area contributed by atoms with Gasteiger partial charge in [0, 0.05) is 13.0 Å². The maximum atomic E-state index is 11.4. The summed E-state index contributed by atoms with van der Waals surface area (Å²) in [5.41, 5.74) is 4.01. The number of sulfonamides is 1. The van der Waals surface area contributed by atoms with E-state index < -0.39 is 10.0 Å². The largest absolute Gasteiger partial charge is 0.369 e. The van der Waals surface area contributed by atoms with Gasteiger partial charge in [0.2, 0.25) is 10.0 Å². The van der Waals surface area contributed by atoms with Gasteiger partial charge in [0.25, 0.3) is 0 Å². The summed E-state index contributed by atoms with van der Waals surface area (Å²) < 4.78 is 24.8. The monoisotopic (exact) mass is 478 g/mol. The second kappa shape index (κ2) is 9.90. The fourth-order valence-electron chi connectivity index (χ4n) is 3.78. The second-order valence-electron chi connectivity index (χ2n) is 8.64. The maximum Gasteiger partial charge on any atom is 0.238 e. The van der Waals surface area contributed by atoms with Gasteiger partial charge >= 0.3 is 0 Å². The Labute approximate surface area is 200 Å². The van der Waals surface area contributed by atoms with Gasteiger partial charge < -0.3 is 5.32 Å². The normalized spacial score (nSPS) is 11.9. The molecule has 9 heteroatoms. The van der Waals surface area contributed by atoms with Crippen LogP contribution in [0.15, 0.2) is 59.6 Å². The van der Waals surface area contributed by atoms with Crippen LogP contribution < -0.4 is 10.5 Å². The van der Waals surface area contributed by atoms with Crippen LogP contribution in [0.4, 0.5) is 5.82 Å². The number of nitrogens with one attached hydrogen (secondary N) is 1. The van der Waals surface area contributed by atoms with E-state index in [2.05, 4.69) is 55.5 Å². The van der Waals surface area contributed by atoms with Crippen molar-refractivity contribution in [1.82, 2.24) is 19.7 Å². The molecule has 4 rings (SSSR count). The Balaban J connectivity index is 1.58. The van der Waals surface area contributed by atoms with Gasteiger partial charge in [0.05, 0.1) is 22.2 Å². The molecular weight excluding hydrogens is 448 g/mol. The molecule has 0 aliphatic rings. The molecular formula is C25H30N6O2S. The summed E-state index contributed by atoms with van der Waals surface area (Å²) in [6.07, 6.45) is 4.21. The third-order valence-electron chi connectivity index (χ3n) is 5.71. The molecule has 2 heterocycles. The zero-order valence-corrected chi connectivity index (χ0v) is 20.5.